The van der Waals surface area contributed by atoms with Gasteiger partial charge in [-0.3, -0.25) is 13.8 Å². The Morgan fingerprint density at radius 3 is 2.31 bits per heavy atom. The van der Waals surface area contributed by atoms with Crippen LogP contribution >= 0.6 is 0 Å². The Morgan fingerprint density at radius 2 is 1.77 bits per heavy atom. The van der Waals surface area contributed by atoms with Gasteiger partial charge in [0.1, 0.15) is 5.69 Å². The molecule has 0 bridgehead atoms. The second-order valence-electron chi connectivity index (χ2n) is 7.95. The van der Waals surface area contributed by atoms with Crippen LogP contribution in [-0.2, 0) is 26.6 Å². The SMILES string of the molecule is Cn1nc(C(C)(F)F)cc1-c1ccc2c(n1)n(C)c(=O)n2CC(C)(C)C. The Labute approximate surface area is 150 Å². The molecule has 3 heterocycles. The number of rotatable bonds is 3. The van der Waals surface area contributed by atoms with Crippen molar-refractivity contribution in [3.05, 3.63) is 34.4 Å². The highest BCUT2D eigenvalue weighted by molar-refractivity contribution is 5.75. The summed E-state index contributed by atoms with van der Waals surface area (Å²) in [6.45, 7) is 7.54. The fraction of sp³-hybridized carbons (Fsp3) is 0.500. The monoisotopic (exact) mass is 363 g/mol. The lowest BCUT2D eigenvalue weighted by atomic mass is 9.97. The molecule has 0 N–H and O–H groups in total. The van der Waals surface area contributed by atoms with Crippen LogP contribution in [0.4, 0.5) is 8.78 Å². The highest BCUT2D eigenvalue weighted by Gasteiger charge is 2.29. The van der Waals surface area contributed by atoms with Crippen molar-refractivity contribution in [3.63, 3.8) is 0 Å². The molecule has 0 radical (unpaired) electrons. The highest BCUT2D eigenvalue weighted by Crippen LogP contribution is 2.30. The molecule has 0 saturated heterocycles. The third-order valence-electron chi connectivity index (χ3n) is 4.21. The lowest BCUT2D eigenvalue weighted by Crippen LogP contribution is -2.27. The predicted octanol–water partition coefficient (Wildman–Crippen LogP) is 3.29. The third kappa shape index (κ3) is 3.15. The Bertz CT molecular complexity index is 1030. The van der Waals surface area contributed by atoms with Crippen LogP contribution in [0.1, 0.15) is 33.4 Å². The predicted molar refractivity (Wildman–Crippen MR) is 96.2 cm³/mol. The molecule has 140 valence electrons. The lowest BCUT2D eigenvalue weighted by molar-refractivity contribution is 0.0122. The number of fused-ring (bicyclic) bond motifs is 1. The molecule has 0 atom stereocenters. The minimum atomic E-state index is -3.02. The maximum Gasteiger partial charge on any atom is 0.330 e. The van der Waals surface area contributed by atoms with Crippen molar-refractivity contribution in [1.29, 1.82) is 0 Å². The quantitative estimate of drug-likeness (QED) is 0.717. The summed E-state index contributed by atoms with van der Waals surface area (Å²) < 4.78 is 31.7. The largest absolute Gasteiger partial charge is 0.330 e. The van der Waals surface area contributed by atoms with Crippen molar-refractivity contribution in [2.75, 3.05) is 0 Å². The van der Waals surface area contributed by atoms with E-state index in [1.54, 1.807) is 24.7 Å². The van der Waals surface area contributed by atoms with Gasteiger partial charge in [-0.2, -0.15) is 13.9 Å². The molecule has 26 heavy (non-hydrogen) atoms. The Morgan fingerprint density at radius 1 is 1.12 bits per heavy atom. The van der Waals surface area contributed by atoms with Gasteiger partial charge in [-0.1, -0.05) is 20.8 Å². The molecule has 8 heteroatoms. The summed E-state index contributed by atoms with van der Waals surface area (Å²) in [6, 6.07) is 4.87. The average molecular weight is 363 g/mol. The molecule has 0 unspecified atom stereocenters. The second-order valence-corrected chi connectivity index (χ2v) is 7.95. The van der Waals surface area contributed by atoms with E-state index in [-0.39, 0.29) is 16.8 Å². The average Bonchev–Trinajstić information content (AvgIpc) is 3.00. The van der Waals surface area contributed by atoms with E-state index in [1.165, 1.54) is 15.3 Å². The molecule has 0 aromatic carbocycles. The van der Waals surface area contributed by atoms with Crippen LogP contribution in [0.2, 0.25) is 0 Å². The van der Waals surface area contributed by atoms with Crippen LogP contribution < -0.4 is 5.69 Å². The number of aryl methyl sites for hydroxylation is 2. The summed E-state index contributed by atoms with van der Waals surface area (Å²) in [5.74, 6) is -3.02. The summed E-state index contributed by atoms with van der Waals surface area (Å²) >= 11 is 0. The topological polar surface area (TPSA) is 57.6 Å². The third-order valence-corrected chi connectivity index (χ3v) is 4.21. The van der Waals surface area contributed by atoms with Gasteiger partial charge in [0.15, 0.2) is 5.65 Å². The van der Waals surface area contributed by atoms with Crippen LogP contribution in [0.15, 0.2) is 23.0 Å². The van der Waals surface area contributed by atoms with Gasteiger partial charge >= 0.3 is 5.69 Å². The number of aromatic nitrogens is 5. The number of halogens is 2. The molecular weight excluding hydrogens is 340 g/mol. The molecule has 0 saturated carbocycles. The van der Waals surface area contributed by atoms with Crippen LogP contribution in [-0.4, -0.2) is 23.9 Å². The fourth-order valence-electron chi connectivity index (χ4n) is 2.96. The van der Waals surface area contributed by atoms with Gasteiger partial charge in [-0.25, -0.2) is 9.78 Å². The number of hydrogen-bond acceptors (Lipinski definition) is 3. The molecule has 0 spiro atoms. The molecular formula is C18H23F2N5O. The van der Waals surface area contributed by atoms with Crippen molar-refractivity contribution in [2.45, 2.75) is 40.2 Å². The van der Waals surface area contributed by atoms with E-state index < -0.39 is 5.92 Å². The summed E-state index contributed by atoms with van der Waals surface area (Å²) in [4.78, 5) is 17.1. The lowest BCUT2D eigenvalue weighted by Gasteiger charge is -2.18. The molecule has 3 aromatic rings. The van der Waals surface area contributed by atoms with Crippen LogP contribution in [0.25, 0.3) is 22.6 Å². The van der Waals surface area contributed by atoms with E-state index >= 15 is 0 Å². The second kappa shape index (κ2) is 5.75. The number of hydrogen-bond donors (Lipinski definition) is 0. The first-order valence-corrected chi connectivity index (χ1v) is 8.37. The van der Waals surface area contributed by atoms with E-state index in [0.29, 0.717) is 23.6 Å². The first-order valence-electron chi connectivity index (χ1n) is 8.37. The van der Waals surface area contributed by atoms with Crippen molar-refractivity contribution in [1.82, 2.24) is 23.9 Å². The zero-order chi connectivity index (χ0) is 19.4. The smallest absolute Gasteiger partial charge is 0.290 e. The van der Waals surface area contributed by atoms with E-state index in [2.05, 4.69) is 30.9 Å². The number of nitrogens with zero attached hydrogens (tertiary/aromatic N) is 5. The van der Waals surface area contributed by atoms with Gasteiger partial charge in [-0.05, 0) is 23.6 Å². The molecule has 3 aromatic heterocycles. The normalized spacial score (nSPS) is 12.9. The van der Waals surface area contributed by atoms with Gasteiger partial charge < -0.3 is 0 Å². The highest BCUT2D eigenvalue weighted by atomic mass is 19.3. The van der Waals surface area contributed by atoms with E-state index in [1.807, 2.05) is 6.07 Å². The van der Waals surface area contributed by atoms with Crippen LogP contribution in [0.5, 0.6) is 0 Å². The van der Waals surface area contributed by atoms with Crippen molar-refractivity contribution >= 4 is 11.2 Å². The molecule has 0 aliphatic heterocycles. The van der Waals surface area contributed by atoms with Gasteiger partial charge in [0.05, 0.1) is 16.9 Å². The summed E-state index contributed by atoms with van der Waals surface area (Å²) in [6.07, 6.45) is 0. The number of imidazole rings is 1. The fourth-order valence-corrected chi connectivity index (χ4v) is 2.96. The maximum atomic E-state index is 13.5. The van der Waals surface area contributed by atoms with Gasteiger partial charge in [0, 0.05) is 27.6 Å². The Hall–Kier alpha value is -2.51. The summed E-state index contributed by atoms with van der Waals surface area (Å²) in [5, 5.41) is 3.88. The number of pyridine rings is 1. The zero-order valence-corrected chi connectivity index (χ0v) is 15.8. The van der Waals surface area contributed by atoms with Gasteiger partial charge in [0.2, 0.25) is 0 Å². The van der Waals surface area contributed by atoms with Gasteiger partial charge in [0.25, 0.3) is 5.92 Å². The molecule has 6 nitrogen and oxygen atoms in total. The zero-order valence-electron chi connectivity index (χ0n) is 15.8. The van der Waals surface area contributed by atoms with Gasteiger partial charge in [-0.15, -0.1) is 0 Å². The molecule has 0 fully saturated rings. The first-order chi connectivity index (χ1) is 11.9. The van der Waals surface area contributed by atoms with Crippen LogP contribution in [0, 0.1) is 5.41 Å². The van der Waals surface area contributed by atoms with E-state index in [4.69, 9.17) is 0 Å². The van der Waals surface area contributed by atoms with E-state index in [9.17, 15) is 13.6 Å². The first kappa shape index (κ1) is 18.3. The van der Waals surface area contributed by atoms with Crippen molar-refractivity contribution in [2.24, 2.45) is 19.5 Å². The Balaban J connectivity index is 2.16. The van der Waals surface area contributed by atoms with Crippen molar-refractivity contribution < 1.29 is 8.78 Å². The maximum absolute atomic E-state index is 13.5. The minimum Gasteiger partial charge on any atom is -0.290 e. The molecule has 0 amide bonds. The van der Waals surface area contributed by atoms with E-state index in [0.717, 1.165) is 12.4 Å². The molecule has 0 aliphatic rings. The Kier molecular flexibility index (Phi) is 4.05. The van der Waals surface area contributed by atoms with Crippen LogP contribution in [0.3, 0.4) is 0 Å². The standard InChI is InChI=1S/C18H23F2N5O/c1-17(2,3)10-25-12-8-7-11(21-15(12)23(5)16(25)26)13-9-14(18(4,19)20)22-24(13)6/h7-9H,10H2,1-6H3. The summed E-state index contributed by atoms with van der Waals surface area (Å²) in [7, 11) is 3.26. The van der Waals surface area contributed by atoms with Crippen molar-refractivity contribution in [3.8, 4) is 11.4 Å². The minimum absolute atomic E-state index is 0.0690. The summed E-state index contributed by atoms with van der Waals surface area (Å²) in [5.41, 5.74) is 1.68. The molecule has 0 aliphatic carbocycles. The molecule has 3 rings (SSSR count). The number of alkyl halides is 2.